The van der Waals surface area contributed by atoms with Crippen LogP contribution in [0.3, 0.4) is 0 Å². The summed E-state index contributed by atoms with van der Waals surface area (Å²) in [6.07, 6.45) is 3.98. The molecule has 0 aromatic heterocycles. The maximum Gasteiger partial charge on any atom is 0.161 e. The number of hydrogen-bond acceptors (Lipinski definition) is 3. The molecule has 0 saturated heterocycles. The number of benzene rings is 1. The lowest BCUT2D eigenvalue weighted by atomic mass is 10.1. The van der Waals surface area contributed by atoms with Crippen molar-refractivity contribution in [3.05, 3.63) is 28.2 Å². The molecule has 1 saturated carbocycles. The van der Waals surface area contributed by atoms with E-state index in [0.29, 0.717) is 6.04 Å². The van der Waals surface area contributed by atoms with E-state index in [9.17, 15) is 0 Å². The number of nitrogens with one attached hydrogen (secondary N) is 1. The van der Waals surface area contributed by atoms with Gasteiger partial charge in [-0.15, -0.1) is 0 Å². The zero-order valence-electron chi connectivity index (χ0n) is 10.4. The third-order valence-electron chi connectivity index (χ3n) is 3.70. The molecule has 1 heterocycles. The van der Waals surface area contributed by atoms with Gasteiger partial charge in [-0.25, -0.2) is 0 Å². The van der Waals surface area contributed by atoms with E-state index in [1.54, 1.807) is 0 Å². The molecular formula is C14H17BrN2S. The van der Waals surface area contributed by atoms with Gasteiger partial charge in [0.15, 0.2) is 5.17 Å². The Hall–Kier alpha value is -0.480. The van der Waals surface area contributed by atoms with Gasteiger partial charge in [0.25, 0.3) is 0 Å². The summed E-state index contributed by atoms with van der Waals surface area (Å²) >= 11 is 5.47. The van der Waals surface area contributed by atoms with Crippen molar-refractivity contribution >= 4 is 38.5 Å². The van der Waals surface area contributed by atoms with E-state index in [1.165, 1.54) is 30.6 Å². The van der Waals surface area contributed by atoms with Gasteiger partial charge in [-0.05, 0) is 59.3 Å². The van der Waals surface area contributed by atoms with E-state index in [-0.39, 0.29) is 0 Å². The highest BCUT2D eigenvalue weighted by atomic mass is 79.9. The normalized spacial score (nSPS) is 26.7. The number of thioether (sulfide) groups is 1. The Kier molecular flexibility index (Phi) is 3.66. The summed E-state index contributed by atoms with van der Waals surface area (Å²) in [6.45, 7) is 2.10. The first-order chi connectivity index (χ1) is 8.72. The van der Waals surface area contributed by atoms with Crippen LogP contribution in [0.25, 0.3) is 0 Å². The van der Waals surface area contributed by atoms with Gasteiger partial charge >= 0.3 is 0 Å². The zero-order valence-corrected chi connectivity index (χ0v) is 12.9. The number of aryl methyl sites for hydroxylation is 1. The molecular weight excluding hydrogens is 308 g/mol. The predicted molar refractivity (Wildman–Crippen MR) is 83.5 cm³/mol. The van der Waals surface area contributed by atoms with Crippen LogP contribution in [0, 0.1) is 12.8 Å². The van der Waals surface area contributed by atoms with Crippen LogP contribution in [0.15, 0.2) is 27.7 Å². The summed E-state index contributed by atoms with van der Waals surface area (Å²) < 4.78 is 1.11. The number of fused-ring (bicyclic) bond motifs is 1. The molecule has 0 radical (unpaired) electrons. The first kappa shape index (κ1) is 12.5. The van der Waals surface area contributed by atoms with E-state index >= 15 is 0 Å². The molecule has 2 nitrogen and oxygen atoms in total. The lowest BCUT2D eigenvalue weighted by Gasteiger charge is -2.23. The van der Waals surface area contributed by atoms with Crippen LogP contribution in [0.4, 0.5) is 5.69 Å². The van der Waals surface area contributed by atoms with Gasteiger partial charge in [0.2, 0.25) is 0 Å². The molecule has 1 aromatic carbocycles. The van der Waals surface area contributed by atoms with Crippen molar-refractivity contribution in [1.29, 1.82) is 0 Å². The van der Waals surface area contributed by atoms with Crippen molar-refractivity contribution in [3.63, 3.8) is 0 Å². The highest BCUT2D eigenvalue weighted by molar-refractivity contribution is 9.10. The van der Waals surface area contributed by atoms with Crippen molar-refractivity contribution < 1.29 is 0 Å². The Morgan fingerprint density at radius 1 is 1.39 bits per heavy atom. The SMILES string of the molecule is Cc1ccc(NC2=NC3CCCC3CS2)c(Br)c1. The number of aliphatic imine (C=N–C) groups is 1. The largest absolute Gasteiger partial charge is 0.334 e. The van der Waals surface area contributed by atoms with Crippen molar-refractivity contribution in [2.75, 3.05) is 11.1 Å². The Morgan fingerprint density at radius 2 is 2.28 bits per heavy atom. The first-order valence-electron chi connectivity index (χ1n) is 6.46. The average Bonchev–Trinajstić information content (AvgIpc) is 2.80. The van der Waals surface area contributed by atoms with E-state index in [2.05, 4.69) is 46.4 Å². The van der Waals surface area contributed by atoms with Crippen molar-refractivity contribution in [2.45, 2.75) is 32.2 Å². The zero-order chi connectivity index (χ0) is 12.5. The molecule has 1 aliphatic heterocycles. The summed E-state index contributed by atoms with van der Waals surface area (Å²) in [5.74, 6) is 2.04. The predicted octanol–water partition coefficient (Wildman–Crippen LogP) is 4.44. The molecule has 18 heavy (non-hydrogen) atoms. The Morgan fingerprint density at radius 3 is 3.11 bits per heavy atom. The fraction of sp³-hybridized carbons (Fsp3) is 0.500. The molecule has 1 aromatic rings. The molecule has 0 spiro atoms. The van der Waals surface area contributed by atoms with Crippen LogP contribution < -0.4 is 5.32 Å². The van der Waals surface area contributed by atoms with E-state index in [0.717, 1.165) is 21.2 Å². The Balaban J connectivity index is 1.76. The van der Waals surface area contributed by atoms with Gasteiger partial charge in [-0.3, -0.25) is 4.99 Å². The second-order valence-electron chi connectivity index (χ2n) is 5.11. The highest BCUT2D eigenvalue weighted by Gasteiger charge is 2.30. The monoisotopic (exact) mass is 324 g/mol. The van der Waals surface area contributed by atoms with Crippen LogP contribution in [0.1, 0.15) is 24.8 Å². The summed E-state index contributed by atoms with van der Waals surface area (Å²) in [5.41, 5.74) is 2.38. The first-order valence-corrected chi connectivity index (χ1v) is 8.24. The van der Waals surface area contributed by atoms with E-state index < -0.39 is 0 Å². The molecule has 1 fully saturated rings. The molecule has 3 rings (SSSR count). The summed E-state index contributed by atoms with van der Waals surface area (Å²) in [7, 11) is 0. The molecule has 1 aliphatic carbocycles. The quantitative estimate of drug-likeness (QED) is 0.825. The van der Waals surface area contributed by atoms with Gasteiger partial charge in [-0.2, -0.15) is 0 Å². The molecule has 0 bridgehead atoms. The smallest absolute Gasteiger partial charge is 0.161 e. The molecule has 1 N–H and O–H groups in total. The maximum absolute atomic E-state index is 4.85. The van der Waals surface area contributed by atoms with Crippen LogP contribution in [-0.2, 0) is 0 Å². The average molecular weight is 325 g/mol. The van der Waals surface area contributed by atoms with Gasteiger partial charge < -0.3 is 5.32 Å². The Labute approximate surface area is 121 Å². The minimum absolute atomic E-state index is 0.568. The summed E-state index contributed by atoms with van der Waals surface area (Å²) in [5, 5.41) is 4.54. The minimum atomic E-state index is 0.568. The van der Waals surface area contributed by atoms with Crippen LogP contribution in [-0.4, -0.2) is 17.0 Å². The molecule has 2 aliphatic rings. The third-order valence-corrected chi connectivity index (χ3v) is 5.43. The van der Waals surface area contributed by atoms with E-state index in [1.807, 2.05) is 11.8 Å². The number of rotatable bonds is 1. The number of amidine groups is 1. The maximum atomic E-state index is 4.85. The molecule has 4 heteroatoms. The van der Waals surface area contributed by atoms with Gasteiger partial charge in [0, 0.05) is 10.2 Å². The molecule has 96 valence electrons. The van der Waals surface area contributed by atoms with Gasteiger partial charge in [0.1, 0.15) is 0 Å². The second-order valence-corrected chi connectivity index (χ2v) is 6.97. The van der Waals surface area contributed by atoms with Crippen molar-refractivity contribution in [1.82, 2.24) is 0 Å². The van der Waals surface area contributed by atoms with E-state index in [4.69, 9.17) is 4.99 Å². The number of nitrogens with zero attached hydrogens (tertiary/aromatic N) is 1. The standard InChI is InChI=1S/C14H17BrN2S/c1-9-5-6-13(11(15)7-9)17-14-16-12-4-2-3-10(12)8-18-14/h5-7,10,12H,2-4,8H2,1H3,(H,16,17). The topological polar surface area (TPSA) is 24.4 Å². The van der Waals surface area contributed by atoms with Gasteiger partial charge in [-0.1, -0.05) is 24.2 Å². The molecule has 2 atom stereocenters. The highest BCUT2D eigenvalue weighted by Crippen LogP contribution is 2.36. The third kappa shape index (κ3) is 2.59. The number of hydrogen-bond donors (Lipinski definition) is 1. The van der Waals surface area contributed by atoms with Crippen molar-refractivity contribution in [3.8, 4) is 0 Å². The Bertz CT molecular complexity index is 487. The second kappa shape index (κ2) is 5.25. The lowest BCUT2D eigenvalue weighted by molar-refractivity contribution is 0.535. The minimum Gasteiger partial charge on any atom is -0.334 e. The fourth-order valence-electron chi connectivity index (χ4n) is 2.66. The molecule has 2 unspecified atom stereocenters. The molecule has 0 amide bonds. The summed E-state index contributed by atoms with van der Waals surface area (Å²) in [4.78, 5) is 4.85. The fourth-order valence-corrected chi connectivity index (χ4v) is 4.41. The van der Waals surface area contributed by atoms with Gasteiger partial charge in [0.05, 0.1) is 11.7 Å². The van der Waals surface area contributed by atoms with Crippen LogP contribution in [0.5, 0.6) is 0 Å². The van der Waals surface area contributed by atoms with Crippen LogP contribution >= 0.6 is 27.7 Å². The van der Waals surface area contributed by atoms with Crippen molar-refractivity contribution in [2.24, 2.45) is 10.9 Å². The summed E-state index contributed by atoms with van der Waals surface area (Å²) in [6, 6.07) is 6.94. The van der Waals surface area contributed by atoms with Crippen LogP contribution in [0.2, 0.25) is 0 Å². The lowest BCUT2D eigenvalue weighted by Crippen LogP contribution is -2.25. The number of anilines is 1. The number of halogens is 1.